The zero-order valence-electron chi connectivity index (χ0n) is 5.46. The highest BCUT2D eigenvalue weighted by Gasteiger charge is 1.95. The first-order valence-electron chi connectivity index (χ1n) is 2.74. The molecule has 0 bridgehead atoms. The Balaban J connectivity index is 0. The van der Waals surface area contributed by atoms with Gasteiger partial charge in [0, 0.05) is 4.43 Å². The van der Waals surface area contributed by atoms with E-state index in [2.05, 4.69) is 45.6 Å². The molecule has 9 heavy (non-hydrogen) atoms. The summed E-state index contributed by atoms with van der Waals surface area (Å²) < 4.78 is 1.26. The van der Waals surface area contributed by atoms with Crippen LogP contribution in [0.5, 0.6) is 0 Å². The van der Waals surface area contributed by atoms with E-state index in [1.54, 1.807) is 4.90 Å². The van der Waals surface area contributed by atoms with Crippen molar-refractivity contribution in [2.75, 3.05) is 29.9 Å². The third-order valence-corrected chi connectivity index (χ3v) is 1.98. The van der Waals surface area contributed by atoms with Crippen molar-refractivity contribution in [1.29, 1.82) is 0 Å². The predicted molar refractivity (Wildman–Crippen MR) is 49.3 cm³/mol. The van der Waals surface area contributed by atoms with E-state index < -0.39 is 0 Å². The number of halogens is 3. The van der Waals surface area contributed by atoms with Crippen LogP contribution in [0.2, 0.25) is 0 Å². The molecule has 0 aliphatic carbocycles. The number of rotatable bonds is 4. The van der Waals surface area contributed by atoms with E-state index in [0.29, 0.717) is 0 Å². The fraction of sp³-hybridized carbons (Fsp3) is 1.00. The summed E-state index contributed by atoms with van der Waals surface area (Å²) in [5.41, 5.74) is 0. The standard InChI is InChI=1S/C5H11BrIN.ClH/c1-8(4-2-6)5-3-7;/h2-5H2,1H3;1H. The Labute approximate surface area is 85.2 Å². The van der Waals surface area contributed by atoms with Gasteiger partial charge in [0.15, 0.2) is 0 Å². The quantitative estimate of drug-likeness (QED) is 0.424. The Hall–Kier alpha value is 1.46. The van der Waals surface area contributed by atoms with Crippen molar-refractivity contribution >= 4 is 38.5 Å². The molecule has 0 radical (unpaired) electrons. The Morgan fingerprint density at radius 2 is 2.00 bits per heavy atom. The van der Waals surface area contributed by atoms with E-state index in [0.717, 1.165) is 5.33 Å². The van der Waals surface area contributed by atoms with Crippen LogP contribution in [0.15, 0.2) is 0 Å². The summed E-state index contributed by atoms with van der Waals surface area (Å²) in [6, 6.07) is 0. The van der Waals surface area contributed by atoms with Crippen molar-refractivity contribution in [3.8, 4) is 0 Å². The van der Waals surface area contributed by atoms with Crippen molar-refractivity contribution in [2.24, 2.45) is 0 Å². The Morgan fingerprint density at radius 3 is 2.33 bits per heavy atom. The lowest BCUT2D eigenvalue weighted by Gasteiger charge is -2.08. The van der Waals surface area contributed by atoms with E-state index in [1.807, 2.05) is 0 Å². The van der Waals surface area contributed by atoms with Crippen molar-refractivity contribution in [1.82, 2.24) is 0 Å². The highest BCUT2D eigenvalue weighted by Crippen LogP contribution is 1.73. The number of nitrogens with one attached hydrogen (secondary N) is 1. The summed E-state index contributed by atoms with van der Waals surface area (Å²) in [5.74, 6) is 0. The van der Waals surface area contributed by atoms with Crippen molar-refractivity contribution < 1.29 is 17.3 Å². The second-order valence-corrected chi connectivity index (χ2v) is 3.71. The largest absolute Gasteiger partial charge is 1.00 e. The fourth-order valence-corrected chi connectivity index (χ4v) is 2.05. The lowest BCUT2D eigenvalue weighted by molar-refractivity contribution is -0.873. The second kappa shape index (κ2) is 9.46. The van der Waals surface area contributed by atoms with Crippen molar-refractivity contribution in [3.63, 3.8) is 0 Å². The molecule has 1 nitrogen and oxygen atoms in total. The van der Waals surface area contributed by atoms with Gasteiger partial charge in [0.25, 0.3) is 0 Å². The van der Waals surface area contributed by atoms with Gasteiger partial charge in [0.2, 0.25) is 0 Å². The van der Waals surface area contributed by atoms with E-state index >= 15 is 0 Å². The van der Waals surface area contributed by atoms with Gasteiger partial charge in [-0.15, -0.1) is 0 Å². The molecular weight excluding hydrogens is 316 g/mol. The van der Waals surface area contributed by atoms with Crippen LogP contribution in [0.1, 0.15) is 0 Å². The number of alkyl halides is 2. The van der Waals surface area contributed by atoms with E-state index in [1.165, 1.54) is 17.5 Å². The maximum Gasteiger partial charge on any atom is 0.0867 e. The van der Waals surface area contributed by atoms with Crippen molar-refractivity contribution in [3.05, 3.63) is 0 Å². The van der Waals surface area contributed by atoms with Crippen LogP contribution in [0.3, 0.4) is 0 Å². The molecule has 0 aromatic heterocycles. The van der Waals surface area contributed by atoms with Crippen LogP contribution < -0.4 is 17.3 Å². The average Bonchev–Trinajstić information content (AvgIpc) is 1.68. The van der Waals surface area contributed by atoms with Crippen LogP contribution in [0.25, 0.3) is 0 Å². The monoisotopic (exact) mass is 327 g/mol. The molecule has 0 spiro atoms. The number of hydrogen-bond donors (Lipinski definition) is 1. The van der Waals surface area contributed by atoms with Gasteiger partial charge in [-0.1, -0.05) is 38.5 Å². The highest BCUT2D eigenvalue weighted by molar-refractivity contribution is 14.1. The summed E-state index contributed by atoms with van der Waals surface area (Å²) in [6.45, 7) is 2.52. The summed E-state index contributed by atoms with van der Waals surface area (Å²) >= 11 is 5.80. The normalized spacial score (nSPS) is 12.3. The first kappa shape index (κ1) is 13.1. The molecule has 0 rings (SSSR count). The Morgan fingerprint density at radius 1 is 1.44 bits per heavy atom. The third kappa shape index (κ3) is 9.46. The van der Waals surface area contributed by atoms with Gasteiger partial charge in [0.05, 0.1) is 25.5 Å². The molecule has 0 aliphatic heterocycles. The van der Waals surface area contributed by atoms with Gasteiger partial charge in [-0.25, -0.2) is 0 Å². The molecule has 0 amide bonds. The SMILES string of the molecule is C[NH+](CCBr)CCI.[Cl-]. The van der Waals surface area contributed by atoms with Crippen LogP contribution in [0, 0.1) is 0 Å². The summed E-state index contributed by atoms with van der Waals surface area (Å²) in [7, 11) is 2.22. The smallest absolute Gasteiger partial charge is 0.0867 e. The minimum atomic E-state index is 0. The minimum Gasteiger partial charge on any atom is -1.00 e. The first-order chi connectivity index (χ1) is 3.81. The maximum atomic E-state index is 3.40. The maximum absolute atomic E-state index is 3.40. The lowest BCUT2D eigenvalue weighted by atomic mass is 10.6. The molecule has 1 atom stereocenters. The van der Waals surface area contributed by atoms with Gasteiger partial charge in [-0.05, 0) is 0 Å². The molecule has 0 aliphatic rings. The van der Waals surface area contributed by atoms with Gasteiger partial charge in [-0.2, -0.15) is 0 Å². The predicted octanol–water partition coefficient (Wildman–Crippen LogP) is -2.66. The number of quaternary nitrogens is 1. The topological polar surface area (TPSA) is 4.44 Å². The second-order valence-electron chi connectivity index (χ2n) is 1.84. The van der Waals surface area contributed by atoms with E-state index in [9.17, 15) is 0 Å². The molecule has 0 heterocycles. The zero-order valence-corrected chi connectivity index (χ0v) is 9.96. The van der Waals surface area contributed by atoms with Gasteiger partial charge >= 0.3 is 0 Å². The van der Waals surface area contributed by atoms with Crippen LogP contribution in [-0.4, -0.2) is 29.9 Å². The van der Waals surface area contributed by atoms with Crippen molar-refractivity contribution in [2.45, 2.75) is 0 Å². The Kier molecular flexibility index (Phi) is 13.7. The van der Waals surface area contributed by atoms with Gasteiger partial charge in [-0.3, -0.25) is 0 Å². The zero-order chi connectivity index (χ0) is 6.41. The molecule has 4 heteroatoms. The summed E-state index contributed by atoms with van der Waals surface area (Å²) in [4.78, 5) is 1.61. The summed E-state index contributed by atoms with van der Waals surface area (Å²) in [6.07, 6.45) is 0. The molecule has 0 aromatic carbocycles. The van der Waals surface area contributed by atoms with Crippen LogP contribution >= 0.6 is 38.5 Å². The molecule has 58 valence electrons. The van der Waals surface area contributed by atoms with E-state index in [-0.39, 0.29) is 12.4 Å². The highest BCUT2D eigenvalue weighted by atomic mass is 127. The van der Waals surface area contributed by atoms with Crippen LogP contribution in [-0.2, 0) is 0 Å². The molecule has 1 N–H and O–H groups in total. The average molecular weight is 328 g/mol. The molecule has 0 saturated heterocycles. The first-order valence-corrected chi connectivity index (χ1v) is 5.39. The molecular formula is C5H12BrClIN. The van der Waals surface area contributed by atoms with Gasteiger partial charge < -0.3 is 17.3 Å². The third-order valence-electron chi connectivity index (χ3n) is 1.04. The molecule has 0 fully saturated rings. The summed E-state index contributed by atoms with van der Waals surface area (Å²) in [5, 5.41) is 1.12. The molecule has 1 unspecified atom stereocenters. The minimum absolute atomic E-state index is 0. The number of hydrogen-bond acceptors (Lipinski definition) is 0. The Bertz CT molecular complexity index is 50.2. The lowest BCUT2D eigenvalue weighted by Crippen LogP contribution is -3.09. The molecule has 0 aromatic rings. The van der Waals surface area contributed by atoms with E-state index in [4.69, 9.17) is 0 Å². The van der Waals surface area contributed by atoms with Gasteiger partial charge in [0.1, 0.15) is 0 Å². The van der Waals surface area contributed by atoms with Crippen LogP contribution in [0.4, 0.5) is 0 Å². The molecule has 0 saturated carbocycles. The fourth-order valence-electron chi connectivity index (χ4n) is 0.448.